The Morgan fingerprint density at radius 2 is 1.76 bits per heavy atom. The number of rotatable bonds is 5. The van der Waals surface area contributed by atoms with E-state index >= 15 is 0 Å². The van der Waals surface area contributed by atoms with Gasteiger partial charge in [-0.05, 0) is 64.7 Å². The van der Waals surface area contributed by atoms with E-state index in [2.05, 4.69) is 27.5 Å². The SMILES string of the molecule is CC1(Nc2nc(NC34CCC(O)(CC3)CC4)ncc2C(N)=O)CCC1. The van der Waals surface area contributed by atoms with Crippen LogP contribution < -0.4 is 16.4 Å². The first-order chi connectivity index (χ1) is 11.8. The van der Waals surface area contributed by atoms with Crippen molar-refractivity contribution in [3.05, 3.63) is 11.8 Å². The van der Waals surface area contributed by atoms with E-state index in [4.69, 9.17) is 5.73 Å². The molecule has 0 aliphatic heterocycles. The fourth-order valence-corrected chi connectivity index (χ4v) is 4.43. The number of carbonyl (C=O) groups excluding carboxylic acids is 1. The number of amides is 1. The molecule has 1 aromatic heterocycles. The number of anilines is 2. The summed E-state index contributed by atoms with van der Waals surface area (Å²) in [6.07, 6.45) is 10.0. The molecule has 0 unspecified atom stereocenters. The van der Waals surface area contributed by atoms with Crippen LogP contribution >= 0.6 is 0 Å². The lowest BCUT2D eigenvalue weighted by molar-refractivity contribution is -0.0581. The fraction of sp³-hybridized carbons (Fsp3) is 0.722. The third kappa shape index (κ3) is 3.05. The molecule has 5 N–H and O–H groups in total. The van der Waals surface area contributed by atoms with Crippen molar-refractivity contribution >= 4 is 17.7 Å². The van der Waals surface area contributed by atoms with Gasteiger partial charge in [-0.15, -0.1) is 0 Å². The summed E-state index contributed by atoms with van der Waals surface area (Å²) in [4.78, 5) is 20.6. The van der Waals surface area contributed by atoms with Crippen molar-refractivity contribution in [2.24, 2.45) is 5.73 Å². The van der Waals surface area contributed by atoms with E-state index in [9.17, 15) is 9.90 Å². The molecule has 5 rings (SSSR count). The monoisotopic (exact) mass is 345 g/mol. The summed E-state index contributed by atoms with van der Waals surface area (Å²) in [5, 5.41) is 17.3. The zero-order valence-corrected chi connectivity index (χ0v) is 14.8. The van der Waals surface area contributed by atoms with Gasteiger partial charge in [-0.25, -0.2) is 4.98 Å². The molecule has 0 atom stereocenters. The van der Waals surface area contributed by atoms with Gasteiger partial charge in [-0.2, -0.15) is 4.98 Å². The van der Waals surface area contributed by atoms with E-state index in [1.165, 1.54) is 12.6 Å². The minimum Gasteiger partial charge on any atom is -0.390 e. The molecule has 25 heavy (non-hydrogen) atoms. The lowest BCUT2D eigenvalue weighted by atomic mass is 9.63. The molecule has 136 valence electrons. The van der Waals surface area contributed by atoms with Crippen LogP contribution in [0.5, 0.6) is 0 Å². The standard InChI is InChI=1S/C18H27N5O2/c1-16(3-2-4-16)22-14-12(13(19)24)11-20-15(21-14)23-17-5-8-18(25,9-6-17)10-7-17/h11,25H,2-10H2,1H3,(H2,19,24)(H2,20,21,22,23). The van der Waals surface area contributed by atoms with Gasteiger partial charge in [0.1, 0.15) is 5.82 Å². The van der Waals surface area contributed by atoms with Crippen LogP contribution in [0.25, 0.3) is 0 Å². The Morgan fingerprint density at radius 1 is 1.12 bits per heavy atom. The summed E-state index contributed by atoms with van der Waals surface area (Å²) >= 11 is 0. The average Bonchev–Trinajstić information content (AvgIpc) is 2.55. The number of fused-ring (bicyclic) bond motifs is 3. The van der Waals surface area contributed by atoms with E-state index < -0.39 is 11.5 Å². The number of carbonyl (C=O) groups is 1. The number of aliphatic hydroxyl groups is 1. The van der Waals surface area contributed by atoms with Crippen molar-refractivity contribution in [2.45, 2.75) is 81.4 Å². The number of nitrogens with one attached hydrogen (secondary N) is 2. The Labute approximate surface area is 147 Å². The maximum atomic E-state index is 11.7. The number of aromatic nitrogens is 2. The summed E-state index contributed by atoms with van der Waals surface area (Å²) in [5.74, 6) is 0.532. The molecule has 0 radical (unpaired) electrons. The van der Waals surface area contributed by atoms with Gasteiger partial charge in [0.2, 0.25) is 5.95 Å². The van der Waals surface area contributed by atoms with Gasteiger partial charge in [-0.1, -0.05) is 0 Å². The maximum Gasteiger partial charge on any atom is 0.254 e. The Bertz CT molecular complexity index is 676. The van der Waals surface area contributed by atoms with Crippen molar-refractivity contribution < 1.29 is 9.90 Å². The van der Waals surface area contributed by atoms with E-state index in [0.717, 1.165) is 51.4 Å². The molecular formula is C18H27N5O2. The van der Waals surface area contributed by atoms with Crippen molar-refractivity contribution in [1.29, 1.82) is 0 Å². The topological polar surface area (TPSA) is 113 Å². The normalized spacial score (nSPS) is 32.7. The quantitative estimate of drug-likeness (QED) is 0.650. The van der Waals surface area contributed by atoms with Gasteiger partial charge < -0.3 is 21.5 Å². The second kappa shape index (κ2) is 5.56. The van der Waals surface area contributed by atoms with Crippen molar-refractivity contribution in [3.63, 3.8) is 0 Å². The van der Waals surface area contributed by atoms with Gasteiger partial charge in [0.15, 0.2) is 0 Å². The zero-order chi connectivity index (χ0) is 17.7. The number of nitrogens with two attached hydrogens (primary N) is 1. The zero-order valence-electron chi connectivity index (χ0n) is 14.8. The van der Waals surface area contributed by atoms with E-state index in [-0.39, 0.29) is 11.1 Å². The van der Waals surface area contributed by atoms with Crippen molar-refractivity contribution in [2.75, 3.05) is 10.6 Å². The average molecular weight is 345 g/mol. The molecule has 0 spiro atoms. The Morgan fingerprint density at radius 3 is 2.28 bits per heavy atom. The minimum absolute atomic E-state index is 0.0275. The van der Waals surface area contributed by atoms with Crippen LogP contribution in [-0.2, 0) is 0 Å². The first-order valence-corrected chi connectivity index (χ1v) is 9.26. The first kappa shape index (κ1) is 16.6. The van der Waals surface area contributed by atoms with Crippen molar-refractivity contribution in [1.82, 2.24) is 9.97 Å². The van der Waals surface area contributed by atoms with Crippen LogP contribution in [0.4, 0.5) is 11.8 Å². The molecular weight excluding hydrogens is 318 g/mol. The second-order valence-electron chi connectivity index (χ2n) is 8.49. The number of hydrogen-bond acceptors (Lipinski definition) is 6. The smallest absolute Gasteiger partial charge is 0.254 e. The predicted octanol–water partition coefficient (Wildman–Crippen LogP) is 2.18. The molecule has 0 saturated heterocycles. The number of primary amides is 1. The van der Waals surface area contributed by atoms with Crippen molar-refractivity contribution in [3.8, 4) is 0 Å². The molecule has 4 fully saturated rings. The lowest BCUT2D eigenvalue weighted by Gasteiger charge is -2.51. The first-order valence-electron chi connectivity index (χ1n) is 9.26. The van der Waals surface area contributed by atoms with Gasteiger partial charge in [0.25, 0.3) is 5.91 Å². The Balaban J connectivity index is 1.57. The van der Waals surface area contributed by atoms with Gasteiger partial charge in [0.05, 0.1) is 11.2 Å². The molecule has 1 amide bonds. The van der Waals surface area contributed by atoms with Gasteiger partial charge in [-0.3, -0.25) is 4.79 Å². The van der Waals surface area contributed by atoms with E-state index in [1.54, 1.807) is 0 Å². The van der Waals surface area contributed by atoms with E-state index in [0.29, 0.717) is 17.3 Å². The molecule has 7 nitrogen and oxygen atoms in total. The highest BCUT2D eigenvalue weighted by atomic mass is 16.3. The molecule has 4 aliphatic carbocycles. The lowest BCUT2D eigenvalue weighted by Crippen LogP contribution is -2.54. The molecule has 1 aromatic rings. The Hall–Kier alpha value is -1.89. The highest BCUT2D eigenvalue weighted by Crippen LogP contribution is 2.48. The molecule has 2 bridgehead atoms. The molecule has 4 saturated carbocycles. The van der Waals surface area contributed by atoms with Gasteiger partial charge >= 0.3 is 0 Å². The van der Waals surface area contributed by atoms with Crippen LogP contribution in [0, 0.1) is 0 Å². The summed E-state index contributed by atoms with van der Waals surface area (Å²) in [5.41, 5.74) is 5.29. The summed E-state index contributed by atoms with van der Waals surface area (Å²) in [6, 6.07) is 0. The number of hydrogen-bond donors (Lipinski definition) is 4. The molecule has 4 aliphatic rings. The second-order valence-corrected chi connectivity index (χ2v) is 8.49. The number of nitrogens with zero attached hydrogens (tertiary/aromatic N) is 2. The largest absolute Gasteiger partial charge is 0.390 e. The third-order valence-electron chi connectivity index (χ3n) is 6.52. The highest BCUT2D eigenvalue weighted by Gasteiger charge is 2.48. The highest BCUT2D eigenvalue weighted by molar-refractivity contribution is 5.97. The van der Waals surface area contributed by atoms with Crippen LogP contribution in [0.1, 0.15) is 75.1 Å². The minimum atomic E-state index is -0.518. The van der Waals surface area contributed by atoms with Crippen LogP contribution in [-0.4, -0.2) is 37.7 Å². The van der Waals surface area contributed by atoms with Crippen LogP contribution in [0.3, 0.4) is 0 Å². The maximum absolute atomic E-state index is 11.7. The summed E-state index contributed by atoms with van der Waals surface area (Å²) < 4.78 is 0. The predicted molar refractivity (Wildman–Crippen MR) is 95.4 cm³/mol. The van der Waals surface area contributed by atoms with Crippen LogP contribution in [0.2, 0.25) is 0 Å². The summed E-state index contributed by atoms with van der Waals surface area (Å²) in [7, 11) is 0. The molecule has 7 heteroatoms. The molecule has 1 heterocycles. The Kier molecular flexibility index (Phi) is 3.68. The van der Waals surface area contributed by atoms with Crippen LogP contribution in [0.15, 0.2) is 6.20 Å². The fourth-order valence-electron chi connectivity index (χ4n) is 4.43. The molecule has 0 aromatic carbocycles. The summed E-state index contributed by atoms with van der Waals surface area (Å²) in [6.45, 7) is 2.14. The van der Waals surface area contributed by atoms with E-state index in [1.807, 2.05) is 0 Å². The van der Waals surface area contributed by atoms with Gasteiger partial charge in [0, 0.05) is 17.3 Å². The third-order valence-corrected chi connectivity index (χ3v) is 6.52.